The molecule has 0 fully saturated rings. The summed E-state index contributed by atoms with van der Waals surface area (Å²) in [6, 6.07) is 23.6. The molecule has 3 aromatic carbocycles. The number of rotatable bonds is 6. The summed E-state index contributed by atoms with van der Waals surface area (Å²) in [6.07, 6.45) is 4.78. The summed E-state index contributed by atoms with van der Waals surface area (Å²) >= 11 is 2.48. The van der Waals surface area contributed by atoms with Gasteiger partial charge in [0.15, 0.2) is 0 Å². The van der Waals surface area contributed by atoms with Gasteiger partial charge in [0, 0.05) is 0 Å². The fourth-order valence-corrected chi connectivity index (χ4v) is 14.5. The zero-order valence-electron chi connectivity index (χ0n) is 38.9. The summed E-state index contributed by atoms with van der Waals surface area (Å²) in [6.45, 7) is 48.1. The Morgan fingerprint density at radius 1 is 0.464 bits per heavy atom. The molecule has 0 N–H and O–H groups in total. The van der Waals surface area contributed by atoms with Gasteiger partial charge in [-0.15, -0.1) is 0 Å². The van der Waals surface area contributed by atoms with Gasteiger partial charge in [0.05, 0.1) is 0 Å². The zero-order valence-corrected chi connectivity index (χ0v) is 43.7. The molecule has 5 heteroatoms. The molecule has 308 valence electrons. The van der Waals surface area contributed by atoms with E-state index in [2.05, 4.69) is 220 Å². The van der Waals surface area contributed by atoms with Crippen LogP contribution in [0.25, 0.3) is 0 Å². The van der Waals surface area contributed by atoms with Gasteiger partial charge in [0.2, 0.25) is 0 Å². The third-order valence-corrected chi connectivity index (χ3v) is 18.1. The second kappa shape index (κ2) is 17.9. The minimum absolute atomic E-state index is 0. The first kappa shape index (κ1) is 53.0. The van der Waals surface area contributed by atoms with E-state index in [1.165, 1.54) is 33.4 Å². The molecule has 0 saturated carbocycles. The van der Waals surface area contributed by atoms with Crippen LogP contribution in [0.4, 0.5) is 0 Å². The third kappa shape index (κ3) is 11.0. The summed E-state index contributed by atoms with van der Waals surface area (Å²) in [5, 5.41) is 6.30. The first-order valence-corrected chi connectivity index (χ1v) is 23.3. The number of benzene rings is 3. The van der Waals surface area contributed by atoms with E-state index in [1.54, 1.807) is 30.2 Å². The molecule has 0 aliphatic heterocycles. The maximum atomic E-state index is 2.67. The first-order valence-electron chi connectivity index (χ1n) is 20.5. The summed E-state index contributed by atoms with van der Waals surface area (Å²) in [5.41, 5.74) is 10.2. The maximum absolute atomic E-state index is 2.99. The van der Waals surface area contributed by atoms with Crippen LogP contribution in [-0.2, 0) is 52.9 Å². The van der Waals surface area contributed by atoms with Crippen LogP contribution in [0.1, 0.15) is 185 Å². The Bertz CT molecular complexity index is 1630. The Hall–Kier alpha value is -1.06. The van der Waals surface area contributed by atoms with Gasteiger partial charge >= 0.3 is 342 Å². The van der Waals surface area contributed by atoms with Crippen molar-refractivity contribution in [2.45, 2.75) is 184 Å². The van der Waals surface area contributed by atoms with Gasteiger partial charge in [-0.05, 0) is 0 Å². The van der Waals surface area contributed by atoms with Crippen molar-refractivity contribution in [3.05, 3.63) is 109 Å². The maximum Gasteiger partial charge on any atom is -1.00 e. The van der Waals surface area contributed by atoms with Crippen LogP contribution in [0.3, 0.4) is 0 Å². The Kier molecular flexibility index (Phi) is 16.9. The number of halogens is 3. The van der Waals surface area contributed by atoms with Crippen molar-refractivity contribution in [2.24, 2.45) is 5.92 Å². The van der Waals surface area contributed by atoms with Gasteiger partial charge in [0.1, 0.15) is 0 Å². The monoisotopic (exact) mass is 868 g/mol. The third-order valence-electron chi connectivity index (χ3n) is 12.0. The summed E-state index contributed by atoms with van der Waals surface area (Å²) in [7, 11) is -2.99. The van der Waals surface area contributed by atoms with Gasteiger partial charge in [-0.1, -0.05) is 0 Å². The van der Waals surface area contributed by atoms with E-state index in [0.29, 0.717) is 5.92 Å². The fourth-order valence-electron chi connectivity index (χ4n) is 7.75. The molecule has 0 heterocycles. The molecule has 0 radical (unpaired) electrons. The van der Waals surface area contributed by atoms with Crippen LogP contribution in [0, 0.1) is 5.92 Å². The normalized spacial score (nSPS) is 15.1. The van der Waals surface area contributed by atoms with Crippen molar-refractivity contribution >= 4 is 23.6 Å². The van der Waals surface area contributed by atoms with Crippen molar-refractivity contribution in [1.29, 1.82) is 0 Å². The van der Waals surface area contributed by atoms with Crippen LogP contribution in [0.2, 0.25) is 0 Å². The van der Waals surface area contributed by atoms with E-state index in [-0.39, 0.29) is 69.7 Å². The van der Waals surface area contributed by atoms with Crippen molar-refractivity contribution in [3.63, 3.8) is 0 Å². The van der Waals surface area contributed by atoms with Crippen LogP contribution in [0.15, 0.2) is 75.3 Å². The standard InChI is InChI=1S/C51H75Si.3ClH.Ti/c1-21-34(2)35-22-23-42(24-35)52(43-28-36(46(3,4)5)25-37(29-43)47(6,7)8,44-30-38(48(9,10)11)26-39(31-44)49(12,13)14)45-32-40(50(15,16)17)27-41(33-45)51(18,19)20;;;;/h22,25-34H,21,23H2,1-20H3;3*1H;/q;;;;+3/p-3. The Morgan fingerprint density at radius 2 is 0.696 bits per heavy atom. The minimum atomic E-state index is -2.99. The topological polar surface area (TPSA) is 0 Å². The van der Waals surface area contributed by atoms with E-state index in [1.807, 2.05) is 0 Å². The predicted octanol–water partition coefficient (Wildman–Crippen LogP) is 3.67. The summed E-state index contributed by atoms with van der Waals surface area (Å²) < 4.78 is 1.54. The average molecular weight is 870 g/mol. The Labute approximate surface area is 377 Å². The molecule has 1 aliphatic rings. The molecule has 1 aliphatic carbocycles. The molecule has 4 rings (SSSR count). The molecular formula is C51H75Cl3SiTi. The minimum Gasteiger partial charge on any atom is -1.00 e. The average Bonchev–Trinajstić information content (AvgIpc) is 3.39. The van der Waals surface area contributed by atoms with Crippen molar-refractivity contribution in [3.8, 4) is 0 Å². The van der Waals surface area contributed by atoms with Crippen molar-refractivity contribution < 1.29 is 57.7 Å². The Morgan fingerprint density at radius 3 is 0.893 bits per heavy atom. The quantitative estimate of drug-likeness (QED) is 0.263. The molecule has 0 bridgehead atoms. The van der Waals surface area contributed by atoms with Gasteiger partial charge in [-0.2, -0.15) is 0 Å². The molecule has 0 amide bonds. The van der Waals surface area contributed by atoms with Crippen LogP contribution < -0.4 is 52.8 Å². The molecule has 0 aromatic heterocycles. The molecule has 1 atom stereocenters. The smallest absolute Gasteiger partial charge is 1.00 e. The second-order valence-electron chi connectivity index (χ2n) is 22.7. The summed E-state index contributed by atoms with van der Waals surface area (Å²) in [5.74, 6) is 0.530. The van der Waals surface area contributed by atoms with Gasteiger partial charge in [-0.3, -0.25) is 0 Å². The number of hydrogen-bond acceptors (Lipinski definition) is 0. The van der Waals surface area contributed by atoms with E-state index in [0.717, 1.165) is 12.8 Å². The number of hydrogen-bond donors (Lipinski definition) is 0. The molecule has 3 aromatic rings. The molecule has 56 heavy (non-hydrogen) atoms. The van der Waals surface area contributed by atoms with Crippen LogP contribution in [-0.4, -0.2) is 8.07 Å². The molecule has 0 spiro atoms. The SMILES string of the molecule is CCC(C)C1=CCC([Si](c2cc(C(C)(C)C)cc(C(C)(C)C)c2)(c2cc(C(C)(C)C)cc(C(C)(C)C)c2)c2cc(C(C)(C)C)cc(C(C)(C)C)c2)=[C]1[Ti+3].[Cl-].[Cl-].[Cl-]. The van der Waals surface area contributed by atoms with Crippen molar-refractivity contribution in [1.82, 2.24) is 0 Å². The van der Waals surface area contributed by atoms with E-state index < -0.39 is 8.07 Å². The van der Waals surface area contributed by atoms with Gasteiger partial charge < -0.3 is 37.2 Å². The van der Waals surface area contributed by atoms with Crippen LogP contribution >= 0.6 is 0 Å². The largest absolute Gasteiger partial charge is 1.00 e. The first-order chi connectivity index (χ1) is 23.8. The number of allylic oxidation sites excluding steroid dienone is 4. The second-order valence-corrected chi connectivity index (χ2v) is 27.3. The molecule has 0 saturated heterocycles. The van der Waals surface area contributed by atoms with Crippen LogP contribution in [0.5, 0.6) is 0 Å². The van der Waals surface area contributed by atoms with Crippen molar-refractivity contribution in [2.75, 3.05) is 0 Å². The Balaban J connectivity index is 0.00000523. The van der Waals surface area contributed by atoms with Gasteiger partial charge in [0.25, 0.3) is 0 Å². The zero-order chi connectivity index (χ0) is 40.5. The summed E-state index contributed by atoms with van der Waals surface area (Å²) in [4.78, 5) is 0. The fraction of sp³-hybridized carbons (Fsp3) is 0.569. The van der Waals surface area contributed by atoms with E-state index in [9.17, 15) is 0 Å². The van der Waals surface area contributed by atoms with Gasteiger partial charge in [-0.25, -0.2) is 0 Å². The molecular weight excluding hydrogens is 795 g/mol. The molecule has 1 unspecified atom stereocenters. The van der Waals surface area contributed by atoms with E-state index in [4.69, 9.17) is 0 Å². The molecule has 0 nitrogen and oxygen atoms in total. The van der Waals surface area contributed by atoms with E-state index >= 15 is 0 Å². The predicted molar refractivity (Wildman–Crippen MR) is 235 cm³/mol.